The van der Waals surface area contributed by atoms with Gasteiger partial charge in [0.25, 0.3) is 0 Å². The first-order chi connectivity index (χ1) is 10.2. The number of amides is 1. The molecule has 2 saturated carbocycles. The highest BCUT2D eigenvalue weighted by Gasteiger charge is 2.45. The van der Waals surface area contributed by atoms with Gasteiger partial charge in [0.05, 0.1) is 11.5 Å². The summed E-state index contributed by atoms with van der Waals surface area (Å²) >= 11 is 1.66. The van der Waals surface area contributed by atoms with Crippen LogP contribution in [0.3, 0.4) is 0 Å². The summed E-state index contributed by atoms with van der Waals surface area (Å²) in [6, 6.07) is 4.06. The quantitative estimate of drug-likeness (QED) is 0.794. The Kier molecular flexibility index (Phi) is 4.33. The van der Waals surface area contributed by atoms with Crippen LogP contribution in [0.25, 0.3) is 0 Å². The van der Waals surface area contributed by atoms with Gasteiger partial charge in [-0.15, -0.1) is 11.3 Å². The van der Waals surface area contributed by atoms with Gasteiger partial charge in [0.15, 0.2) is 0 Å². The first-order valence-corrected chi connectivity index (χ1v) is 8.67. The Morgan fingerprint density at radius 1 is 1.38 bits per heavy atom. The monoisotopic (exact) mass is 309 g/mol. The first-order valence-electron chi connectivity index (χ1n) is 7.79. The number of nitrogens with one attached hydrogen (secondary N) is 1. The number of rotatable bonds is 4. The van der Waals surface area contributed by atoms with E-state index in [2.05, 4.69) is 11.4 Å². The molecule has 0 unspecified atom stereocenters. The van der Waals surface area contributed by atoms with E-state index in [-0.39, 0.29) is 29.9 Å². The van der Waals surface area contributed by atoms with Crippen molar-refractivity contribution < 1.29 is 15.0 Å². The molecule has 1 aromatic heterocycles. The van der Waals surface area contributed by atoms with Crippen molar-refractivity contribution >= 4 is 17.2 Å². The SMILES string of the molecule is O=C(N[C@H]1C[C@H](CO)[C@@H](O)C1)C1(c2cccs2)CCCC1. The summed E-state index contributed by atoms with van der Waals surface area (Å²) in [5.74, 6) is 0.00908. The Morgan fingerprint density at radius 2 is 2.14 bits per heavy atom. The van der Waals surface area contributed by atoms with E-state index in [0.29, 0.717) is 12.8 Å². The third-order valence-corrected chi connectivity index (χ3v) is 6.19. The summed E-state index contributed by atoms with van der Waals surface area (Å²) in [5.41, 5.74) is -0.365. The lowest BCUT2D eigenvalue weighted by Gasteiger charge is -2.28. The van der Waals surface area contributed by atoms with Crippen LogP contribution in [0, 0.1) is 5.92 Å². The van der Waals surface area contributed by atoms with E-state index >= 15 is 0 Å². The summed E-state index contributed by atoms with van der Waals surface area (Å²) in [4.78, 5) is 14.0. The summed E-state index contributed by atoms with van der Waals surface area (Å²) in [5, 5.41) is 24.3. The highest BCUT2D eigenvalue weighted by Crippen LogP contribution is 2.43. The van der Waals surface area contributed by atoms with Crippen LogP contribution in [0.2, 0.25) is 0 Å². The Balaban J connectivity index is 1.72. The van der Waals surface area contributed by atoms with Crippen molar-refractivity contribution in [2.75, 3.05) is 6.61 Å². The number of aliphatic hydroxyl groups excluding tert-OH is 2. The zero-order valence-corrected chi connectivity index (χ0v) is 12.9. The second-order valence-electron chi connectivity index (χ2n) is 6.42. The standard InChI is InChI=1S/C16H23NO3S/c18-10-11-8-12(9-13(11)19)17-15(20)16(5-1-2-6-16)14-4-3-7-21-14/h3-4,7,11-13,18-19H,1-2,5-6,8-10H2,(H,17,20)/t11-,12+,13+/m1/s1. The molecule has 21 heavy (non-hydrogen) atoms. The highest BCUT2D eigenvalue weighted by atomic mass is 32.1. The van der Waals surface area contributed by atoms with Gasteiger partial charge in [0.2, 0.25) is 5.91 Å². The van der Waals surface area contributed by atoms with Crippen molar-refractivity contribution in [1.29, 1.82) is 0 Å². The van der Waals surface area contributed by atoms with Gasteiger partial charge in [-0.25, -0.2) is 0 Å². The minimum atomic E-state index is -0.499. The van der Waals surface area contributed by atoms with Gasteiger partial charge in [-0.3, -0.25) is 4.79 Å². The molecule has 0 saturated heterocycles. The topological polar surface area (TPSA) is 69.6 Å². The summed E-state index contributed by atoms with van der Waals surface area (Å²) in [6.07, 6.45) is 4.74. The molecule has 3 atom stereocenters. The lowest BCUT2D eigenvalue weighted by Crippen LogP contribution is -2.46. The number of hydrogen-bond donors (Lipinski definition) is 3. The van der Waals surface area contributed by atoms with Crippen LogP contribution in [0.15, 0.2) is 17.5 Å². The Bertz CT molecular complexity index is 482. The van der Waals surface area contributed by atoms with Crippen molar-refractivity contribution in [1.82, 2.24) is 5.32 Å². The second kappa shape index (κ2) is 6.07. The highest BCUT2D eigenvalue weighted by molar-refractivity contribution is 7.10. The predicted molar refractivity (Wildman–Crippen MR) is 82.2 cm³/mol. The molecule has 0 spiro atoms. The van der Waals surface area contributed by atoms with Crippen molar-refractivity contribution in [3.05, 3.63) is 22.4 Å². The maximum Gasteiger partial charge on any atom is 0.231 e. The van der Waals surface area contributed by atoms with Gasteiger partial charge in [-0.1, -0.05) is 18.9 Å². The van der Waals surface area contributed by atoms with Gasteiger partial charge >= 0.3 is 0 Å². The van der Waals surface area contributed by atoms with Crippen molar-refractivity contribution in [3.8, 4) is 0 Å². The molecule has 0 aliphatic heterocycles. The van der Waals surface area contributed by atoms with Crippen LogP contribution >= 0.6 is 11.3 Å². The summed E-state index contributed by atoms with van der Waals surface area (Å²) < 4.78 is 0. The van der Waals surface area contributed by atoms with E-state index in [0.717, 1.165) is 30.6 Å². The molecule has 3 N–H and O–H groups in total. The number of hydrogen-bond acceptors (Lipinski definition) is 4. The largest absolute Gasteiger partial charge is 0.396 e. The molecule has 0 radical (unpaired) electrons. The van der Waals surface area contributed by atoms with Crippen LogP contribution in [-0.4, -0.2) is 34.9 Å². The normalized spacial score (nSPS) is 31.4. The second-order valence-corrected chi connectivity index (χ2v) is 7.37. The van der Waals surface area contributed by atoms with Gasteiger partial charge in [0.1, 0.15) is 0 Å². The third kappa shape index (κ3) is 2.74. The number of aliphatic hydroxyl groups is 2. The summed E-state index contributed by atoms with van der Waals surface area (Å²) in [6.45, 7) is -0.0103. The Labute approximate surface area is 129 Å². The molecular weight excluding hydrogens is 286 g/mol. The Hall–Kier alpha value is -0.910. The number of carbonyl (C=O) groups excluding carboxylic acids is 1. The van der Waals surface area contributed by atoms with Gasteiger partial charge in [-0.2, -0.15) is 0 Å². The van der Waals surface area contributed by atoms with Gasteiger partial charge in [0, 0.05) is 23.4 Å². The molecule has 1 aromatic rings. The fourth-order valence-electron chi connectivity index (χ4n) is 3.86. The van der Waals surface area contributed by atoms with E-state index in [4.69, 9.17) is 0 Å². The van der Waals surface area contributed by atoms with Crippen molar-refractivity contribution in [2.45, 2.75) is 56.1 Å². The lowest BCUT2D eigenvalue weighted by molar-refractivity contribution is -0.127. The van der Waals surface area contributed by atoms with Gasteiger partial charge in [-0.05, 0) is 37.1 Å². The molecule has 0 aromatic carbocycles. The molecule has 116 valence electrons. The molecule has 5 heteroatoms. The fraction of sp³-hybridized carbons (Fsp3) is 0.688. The van der Waals surface area contributed by atoms with Crippen LogP contribution < -0.4 is 5.32 Å². The third-order valence-electron chi connectivity index (χ3n) is 5.11. The zero-order chi connectivity index (χ0) is 14.9. The van der Waals surface area contributed by atoms with Crippen molar-refractivity contribution in [3.63, 3.8) is 0 Å². The summed E-state index contributed by atoms with van der Waals surface area (Å²) in [7, 11) is 0. The molecular formula is C16H23NO3S. The zero-order valence-electron chi connectivity index (χ0n) is 12.1. The minimum Gasteiger partial charge on any atom is -0.396 e. The average molecular weight is 309 g/mol. The molecule has 0 bridgehead atoms. The van der Waals surface area contributed by atoms with E-state index in [1.807, 2.05) is 11.4 Å². The number of carbonyl (C=O) groups is 1. The fourth-order valence-corrected chi connectivity index (χ4v) is 4.84. The average Bonchev–Trinajstić information content (AvgIpc) is 3.19. The van der Waals surface area contributed by atoms with E-state index in [1.54, 1.807) is 11.3 Å². The maximum atomic E-state index is 12.9. The van der Waals surface area contributed by atoms with E-state index < -0.39 is 6.10 Å². The van der Waals surface area contributed by atoms with E-state index in [1.165, 1.54) is 0 Å². The first kappa shape index (κ1) is 15.0. The lowest BCUT2D eigenvalue weighted by atomic mass is 9.83. The van der Waals surface area contributed by atoms with Crippen LogP contribution in [-0.2, 0) is 10.2 Å². The Morgan fingerprint density at radius 3 is 2.71 bits per heavy atom. The molecule has 2 aliphatic carbocycles. The molecule has 2 fully saturated rings. The van der Waals surface area contributed by atoms with Crippen LogP contribution in [0.4, 0.5) is 0 Å². The van der Waals surface area contributed by atoms with Crippen LogP contribution in [0.1, 0.15) is 43.4 Å². The molecule has 3 rings (SSSR count). The predicted octanol–water partition coefficient (Wildman–Crippen LogP) is 1.81. The number of thiophene rings is 1. The smallest absolute Gasteiger partial charge is 0.231 e. The maximum absolute atomic E-state index is 12.9. The van der Waals surface area contributed by atoms with Crippen molar-refractivity contribution in [2.24, 2.45) is 5.92 Å². The molecule has 1 amide bonds. The minimum absolute atomic E-state index is 0.0103. The van der Waals surface area contributed by atoms with Crippen LogP contribution in [0.5, 0.6) is 0 Å². The molecule has 2 aliphatic rings. The van der Waals surface area contributed by atoms with Gasteiger partial charge < -0.3 is 15.5 Å². The molecule has 4 nitrogen and oxygen atoms in total. The molecule has 1 heterocycles. The van der Waals surface area contributed by atoms with E-state index in [9.17, 15) is 15.0 Å².